The number of aromatic nitrogens is 2. The lowest BCUT2D eigenvalue weighted by Gasteiger charge is -2.50. The molecule has 2 saturated heterocycles. The van der Waals surface area contributed by atoms with Gasteiger partial charge in [-0.3, -0.25) is 39.0 Å². The number of carbonyl (C=O) groups excluding carboxylic acids is 6. The number of nitrogens with one attached hydrogen (secondary N) is 2. The number of fused-ring (bicyclic) bond motifs is 14. The van der Waals surface area contributed by atoms with E-state index in [1.807, 2.05) is 31.3 Å². The van der Waals surface area contributed by atoms with Crippen LogP contribution in [-0.2, 0) is 59.8 Å². The molecule has 6 aromatic rings. The van der Waals surface area contributed by atoms with Crippen molar-refractivity contribution in [3.63, 3.8) is 0 Å². The van der Waals surface area contributed by atoms with E-state index in [4.69, 9.17) is 37.9 Å². The molecule has 74 heavy (non-hydrogen) atoms. The molecule has 20 nitrogen and oxygen atoms in total. The van der Waals surface area contributed by atoms with Crippen molar-refractivity contribution < 1.29 is 66.7 Å². The molecule has 5 aliphatic rings. The minimum Gasteiger partial charge on any atom is -0.491 e. The van der Waals surface area contributed by atoms with Gasteiger partial charge in [0.2, 0.25) is 17.7 Å². The number of benzene rings is 4. The van der Waals surface area contributed by atoms with Crippen LogP contribution in [0.4, 0.5) is 0 Å². The molecule has 7 heterocycles. The summed E-state index contributed by atoms with van der Waals surface area (Å²) in [5, 5.41) is 9.27. The third-order valence-corrected chi connectivity index (χ3v) is 14.9. The van der Waals surface area contributed by atoms with Gasteiger partial charge in [0, 0.05) is 55.1 Å². The van der Waals surface area contributed by atoms with Crippen LogP contribution in [0.5, 0.6) is 5.75 Å². The van der Waals surface area contributed by atoms with Crippen LogP contribution in [-0.4, -0.2) is 159 Å². The Morgan fingerprint density at radius 1 is 0.757 bits per heavy atom. The monoisotopic (exact) mass is 1010 g/mol. The average Bonchev–Trinajstić information content (AvgIpc) is 4.17. The van der Waals surface area contributed by atoms with Crippen molar-refractivity contribution in [3.05, 3.63) is 89.0 Å². The van der Waals surface area contributed by atoms with Crippen molar-refractivity contribution >= 4 is 79.1 Å². The van der Waals surface area contributed by atoms with Crippen molar-refractivity contribution in [1.82, 2.24) is 29.6 Å². The Labute approximate surface area is 424 Å². The number of hydrogen-bond donors (Lipinski definition) is 2. The smallest absolute Gasteiger partial charge is 0.262 e. The van der Waals surface area contributed by atoms with E-state index in [-0.39, 0.29) is 68.1 Å². The van der Waals surface area contributed by atoms with E-state index in [9.17, 15) is 28.8 Å². The summed E-state index contributed by atoms with van der Waals surface area (Å²) in [6, 6.07) is 19.6. The van der Waals surface area contributed by atoms with Gasteiger partial charge < -0.3 is 57.2 Å². The third-order valence-electron chi connectivity index (χ3n) is 14.9. The van der Waals surface area contributed by atoms with Crippen molar-refractivity contribution in [2.75, 3.05) is 86.8 Å². The molecule has 11 rings (SSSR count). The lowest BCUT2D eigenvalue weighted by Crippen LogP contribution is -2.61. The minimum absolute atomic E-state index is 0.0491. The summed E-state index contributed by atoms with van der Waals surface area (Å²) >= 11 is 0. The van der Waals surface area contributed by atoms with Gasteiger partial charge in [-0.15, -0.1) is 0 Å². The molecular formula is C54H58N6O14. The van der Waals surface area contributed by atoms with Gasteiger partial charge in [-0.25, -0.2) is 0 Å². The first-order valence-corrected chi connectivity index (χ1v) is 25.1. The van der Waals surface area contributed by atoms with Crippen LogP contribution in [0, 0.1) is 0 Å². The summed E-state index contributed by atoms with van der Waals surface area (Å²) in [6.45, 7) is 6.01. The third kappa shape index (κ3) is 8.47. The lowest BCUT2D eigenvalue weighted by atomic mass is 9.91. The molecule has 2 aromatic heterocycles. The van der Waals surface area contributed by atoms with E-state index < -0.39 is 47.7 Å². The van der Waals surface area contributed by atoms with Gasteiger partial charge in [0.25, 0.3) is 17.7 Å². The Balaban J connectivity index is 0.591. The number of rotatable bonds is 22. The van der Waals surface area contributed by atoms with Crippen molar-refractivity contribution in [2.24, 2.45) is 0 Å². The summed E-state index contributed by atoms with van der Waals surface area (Å²) in [6.07, 6.45) is -0.276. The number of hydrogen-bond acceptors (Lipinski definition) is 14. The second-order valence-electron chi connectivity index (χ2n) is 19.1. The highest BCUT2D eigenvalue weighted by Crippen LogP contribution is 2.54. The lowest BCUT2D eigenvalue weighted by molar-refractivity contribution is -0.266. The molecule has 2 bridgehead atoms. The van der Waals surface area contributed by atoms with Gasteiger partial charge in [0.1, 0.15) is 30.7 Å². The number of carbonyl (C=O) groups is 6. The number of ether oxygens (including phenoxy) is 8. The highest BCUT2D eigenvalue weighted by Gasteiger charge is 2.55. The van der Waals surface area contributed by atoms with E-state index in [2.05, 4.69) is 51.0 Å². The first-order valence-electron chi connectivity index (χ1n) is 25.1. The Bertz CT molecular complexity index is 3240. The molecule has 1 unspecified atom stereocenters. The molecule has 5 aliphatic heterocycles. The SMILES string of the molecule is CO[C@@H]1[C@H](N(C)C(=O)CCOCCOCCOCCOCCOCCOc2ccc3c(c2)C(=O)N(C2CCC(=O)NC2=O)C3=O)C[C@H]2O[C@]1(C)n1c3ccccc3c3c4c(c5c6ccccc6n2c5c31)C(=O)NC4. The van der Waals surface area contributed by atoms with Crippen molar-refractivity contribution in [1.29, 1.82) is 0 Å². The van der Waals surface area contributed by atoms with Gasteiger partial charge >= 0.3 is 0 Å². The standard InChI is InChI=1S/C54H58N6O14/c1-54-49(67-3)40(29-43(74-54)58-37-10-6-4-8-33(37)45-46-36(30-55-51(46)64)44-34-9-5-7-11-38(34)60(54)48(44)47(45)58)57(2)42(62)16-17-68-18-19-69-20-21-70-22-23-71-24-25-72-26-27-73-31-12-13-32-35(28-31)53(66)59(52(32)65)39-14-15-41(61)56-50(39)63/h4-13,28,39-40,43,49H,14-27,29-30H2,1-3H3,(H,55,64)(H,56,61,63)/t39?,40-,43-,49-,54+/m1/s1. The zero-order chi connectivity index (χ0) is 51.3. The van der Waals surface area contributed by atoms with Gasteiger partial charge in [-0.2, -0.15) is 0 Å². The van der Waals surface area contributed by atoms with E-state index >= 15 is 0 Å². The normalized spacial score (nSPS) is 22.0. The van der Waals surface area contributed by atoms with Gasteiger partial charge in [-0.1, -0.05) is 36.4 Å². The number of imide groups is 2. The summed E-state index contributed by atoms with van der Waals surface area (Å²) in [4.78, 5) is 80.2. The minimum atomic E-state index is -1.05. The second-order valence-corrected chi connectivity index (χ2v) is 19.1. The van der Waals surface area contributed by atoms with Crippen molar-refractivity contribution in [3.8, 4) is 5.75 Å². The summed E-state index contributed by atoms with van der Waals surface area (Å²) in [7, 11) is 3.51. The number of likely N-dealkylation sites (N-methyl/N-ethyl adjacent to an activating group) is 1. The topological polar surface area (TPSA) is 217 Å². The molecule has 0 saturated carbocycles. The Morgan fingerprint density at radius 2 is 1.38 bits per heavy atom. The molecular weight excluding hydrogens is 957 g/mol. The highest BCUT2D eigenvalue weighted by atomic mass is 16.6. The first kappa shape index (κ1) is 49.4. The van der Waals surface area contributed by atoms with E-state index in [1.165, 1.54) is 12.1 Å². The maximum atomic E-state index is 14.0. The molecule has 20 heteroatoms. The molecule has 4 aromatic carbocycles. The van der Waals surface area contributed by atoms with Crippen LogP contribution >= 0.6 is 0 Å². The number of piperidine rings is 1. The molecule has 6 amide bonds. The maximum Gasteiger partial charge on any atom is 0.262 e. The fourth-order valence-corrected chi connectivity index (χ4v) is 11.7. The van der Waals surface area contributed by atoms with Crippen LogP contribution < -0.4 is 15.4 Å². The predicted molar refractivity (Wildman–Crippen MR) is 267 cm³/mol. The molecule has 5 atom stereocenters. The number of methoxy groups -OCH3 is 1. The zero-order valence-electron chi connectivity index (χ0n) is 41.5. The predicted octanol–water partition coefficient (Wildman–Crippen LogP) is 4.55. The highest BCUT2D eigenvalue weighted by molar-refractivity contribution is 6.31. The number of para-hydroxylation sites is 2. The molecule has 2 N–H and O–H groups in total. The van der Waals surface area contributed by atoms with Crippen molar-refractivity contribution in [2.45, 2.75) is 69.3 Å². The number of amides is 6. The Morgan fingerprint density at radius 3 is 2.05 bits per heavy atom. The maximum absolute atomic E-state index is 14.0. The van der Waals surface area contributed by atoms with Crippen LogP contribution in [0.15, 0.2) is 66.7 Å². The average molecular weight is 1020 g/mol. The van der Waals surface area contributed by atoms with Gasteiger partial charge in [0.15, 0.2) is 5.72 Å². The molecule has 388 valence electrons. The Kier molecular flexibility index (Phi) is 13.7. The van der Waals surface area contributed by atoms with Crippen LogP contribution in [0.1, 0.15) is 75.5 Å². The van der Waals surface area contributed by atoms with Gasteiger partial charge in [-0.05, 0) is 49.2 Å². The van der Waals surface area contributed by atoms with Crippen LogP contribution in [0.3, 0.4) is 0 Å². The van der Waals surface area contributed by atoms with Gasteiger partial charge in [0.05, 0.1) is 117 Å². The molecule has 2 fully saturated rings. The molecule has 0 radical (unpaired) electrons. The van der Waals surface area contributed by atoms with Crippen LogP contribution in [0.2, 0.25) is 0 Å². The fourth-order valence-electron chi connectivity index (χ4n) is 11.7. The van der Waals surface area contributed by atoms with Crippen LogP contribution in [0.25, 0.3) is 43.6 Å². The Hall–Kier alpha value is -6.78. The largest absolute Gasteiger partial charge is 0.491 e. The first-order chi connectivity index (χ1) is 36.0. The van der Waals surface area contributed by atoms with E-state index in [0.29, 0.717) is 77.1 Å². The van der Waals surface area contributed by atoms with E-state index in [0.717, 1.165) is 54.1 Å². The molecule has 0 aliphatic carbocycles. The zero-order valence-corrected chi connectivity index (χ0v) is 41.5. The summed E-state index contributed by atoms with van der Waals surface area (Å²) in [5.74, 6) is -2.05. The number of nitrogens with zero attached hydrogens (tertiary/aromatic N) is 4. The second kappa shape index (κ2) is 20.5. The summed E-state index contributed by atoms with van der Waals surface area (Å²) in [5.41, 5.74) is 4.84. The fraction of sp³-hybridized carbons (Fsp3) is 0.444. The van der Waals surface area contributed by atoms with E-state index in [1.54, 1.807) is 18.1 Å². The quantitative estimate of drug-likeness (QED) is 0.0706. The molecule has 0 spiro atoms. The summed E-state index contributed by atoms with van der Waals surface area (Å²) < 4.78 is 52.2.